The van der Waals surface area contributed by atoms with Crippen LogP contribution in [0.2, 0.25) is 0 Å². The average Bonchev–Trinajstić information content (AvgIpc) is 3.63. The van der Waals surface area contributed by atoms with Gasteiger partial charge in [-0.3, -0.25) is 14.5 Å². The lowest BCUT2D eigenvalue weighted by atomic mass is 10.0. The molecule has 0 atom stereocenters. The van der Waals surface area contributed by atoms with Crippen LogP contribution in [-0.4, -0.2) is 59.9 Å². The molecule has 0 unspecified atom stereocenters. The molecule has 3 N–H and O–H groups in total. The molecule has 3 aromatic carbocycles. The number of alkyl halides is 3. The Morgan fingerprint density at radius 1 is 0.882 bits per heavy atom. The van der Waals surface area contributed by atoms with Crippen molar-refractivity contribution in [3.63, 3.8) is 0 Å². The van der Waals surface area contributed by atoms with Crippen molar-refractivity contribution < 1.29 is 31.8 Å². The number of aromatic nitrogens is 2. The van der Waals surface area contributed by atoms with Gasteiger partial charge in [-0.1, -0.05) is 30.3 Å². The van der Waals surface area contributed by atoms with E-state index in [4.69, 9.17) is 15.2 Å². The molecule has 2 aromatic heterocycles. The molecular formula is C38H35F4N5O4. The Morgan fingerprint density at radius 3 is 2.24 bits per heavy atom. The molecule has 0 bridgehead atoms. The second kappa shape index (κ2) is 15.1. The first-order chi connectivity index (χ1) is 24.5. The first kappa shape index (κ1) is 35.1. The maximum Gasteiger partial charge on any atom is 0.406 e. The number of carbonyl (C=O) groups excluding carboxylic acids is 1. The van der Waals surface area contributed by atoms with E-state index in [1.807, 2.05) is 24.3 Å². The number of likely N-dealkylation sites (tertiary alicyclic amines) is 1. The summed E-state index contributed by atoms with van der Waals surface area (Å²) in [6.07, 6.45) is 1.31. The Labute approximate surface area is 291 Å². The molecule has 1 amide bonds. The van der Waals surface area contributed by atoms with Gasteiger partial charge in [0.2, 0.25) is 5.43 Å². The number of nitrogens with one attached hydrogen (secondary N) is 1. The monoisotopic (exact) mass is 701 g/mol. The standard InChI is InChI=1S/C38H35F4N5O4/c1-50-34-19-26(8-13-33(34)51-17-16-46-14-2-3-15-46)27-18-30(36(43)44-20-27)24-6-11-29(12-7-24)45-37(49)32-22-47(23-38(40,41)42)21-31(35(32)48)25-4-9-28(39)10-5-25/h4-13,18-22H,2-3,14-17,23H2,1H3,(H2,43,44)(H,45,49). The second-order valence-electron chi connectivity index (χ2n) is 12.2. The number of hydrogen-bond acceptors (Lipinski definition) is 7. The predicted octanol–water partition coefficient (Wildman–Crippen LogP) is 7.26. The number of carbonyl (C=O) groups is 1. The number of nitrogens with two attached hydrogens (primary N) is 1. The van der Waals surface area contributed by atoms with Crippen LogP contribution in [0.3, 0.4) is 0 Å². The van der Waals surface area contributed by atoms with Gasteiger partial charge in [0.15, 0.2) is 11.5 Å². The van der Waals surface area contributed by atoms with E-state index in [1.54, 1.807) is 37.6 Å². The highest BCUT2D eigenvalue weighted by molar-refractivity contribution is 6.04. The molecule has 1 fully saturated rings. The summed E-state index contributed by atoms with van der Waals surface area (Å²) in [7, 11) is 1.58. The number of rotatable bonds is 11. The predicted molar refractivity (Wildman–Crippen MR) is 187 cm³/mol. The van der Waals surface area contributed by atoms with E-state index in [-0.39, 0.29) is 22.6 Å². The van der Waals surface area contributed by atoms with E-state index in [1.165, 1.54) is 25.0 Å². The maximum atomic E-state index is 13.5. The number of nitrogens with zero attached hydrogens (tertiary/aromatic N) is 3. The molecule has 5 aromatic rings. The fourth-order valence-electron chi connectivity index (χ4n) is 5.98. The van der Waals surface area contributed by atoms with Crippen molar-refractivity contribution in [2.45, 2.75) is 25.6 Å². The van der Waals surface area contributed by atoms with Crippen molar-refractivity contribution in [1.82, 2.24) is 14.5 Å². The quantitative estimate of drug-likeness (QED) is 0.140. The number of nitrogen functional groups attached to an aromatic ring is 1. The molecule has 1 aliphatic heterocycles. The number of ether oxygens (including phenoxy) is 2. The molecule has 13 heteroatoms. The topological polar surface area (TPSA) is 112 Å². The van der Waals surface area contributed by atoms with Crippen molar-refractivity contribution >= 4 is 17.4 Å². The summed E-state index contributed by atoms with van der Waals surface area (Å²) in [6.45, 7) is 2.15. The molecule has 3 heterocycles. The SMILES string of the molecule is COc1cc(-c2cnc(N)c(-c3ccc(NC(=O)c4cn(CC(F)(F)F)cc(-c5ccc(F)cc5)c4=O)cc3)c2)ccc1OCCN1CCCC1. The lowest BCUT2D eigenvalue weighted by Crippen LogP contribution is -2.27. The van der Waals surface area contributed by atoms with E-state index < -0.39 is 35.4 Å². The lowest BCUT2D eigenvalue weighted by molar-refractivity contribution is -0.140. The summed E-state index contributed by atoms with van der Waals surface area (Å²) in [5.74, 6) is 0.00298. The number of methoxy groups -OCH3 is 1. The second-order valence-corrected chi connectivity index (χ2v) is 12.2. The van der Waals surface area contributed by atoms with Crippen LogP contribution in [0, 0.1) is 5.82 Å². The molecule has 264 valence electrons. The van der Waals surface area contributed by atoms with Gasteiger partial charge in [-0.05, 0) is 85.1 Å². The van der Waals surface area contributed by atoms with Crippen LogP contribution in [0.4, 0.5) is 29.1 Å². The minimum Gasteiger partial charge on any atom is -0.493 e. The van der Waals surface area contributed by atoms with Gasteiger partial charge in [0, 0.05) is 47.5 Å². The van der Waals surface area contributed by atoms with Gasteiger partial charge in [-0.15, -0.1) is 0 Å². The lowest BCUT2D eigenvalue weighted by Gasteiger charge is -2.17. The van der Waals surface area contributed by atoms with Gasteiger partial charge in [0.25, 0.3) is 5.91 Å². The fraction of sp³-hybridized carbons (Fsp3) is 0.237. The summed E-state index contributed by atoms with van der Waals surface area (Å²) in [4.78, 5) is 33.3. The number of halogens is 4. The Hall–Kier alpha value is -5.69. The van der Waals surface area contributed by atoms with Crippen LogP contribution in [0.1, 0.15) is 23.2 Å². The van der Waals surface area contributed by atoms with Crippen molar-refractivity contribution in [3.8, 4) is 44.9 Å². The number of hydrogen-bond donors (Lipinski definition) is 2. The Kier molecular flexibility index (Phi) is 10.4. The summed E-state index contributed by atoms with van der Waals surface area (Å²) in [5.41, 5.74) is 8.12. The number of amides is 1. The van der Waals surface area contributed by atoms with Crippen LogP contribution < -0.4 is 26.0 Å². The minimum atomic E-state index is -4.62. The third kappa shape index (κ3) is 8.55. The summed E-state index contributed by atoms with van der Waals surface area (Å²) < 4.78 is 65.7. The Morgan fingerprint density at radius 2 is 1.55 bits per heavy atom. The number of benzene rings is 3. The highest BCUT2D eigenvalue weighted by Gasteiger charge is 2.29. The maximum absolute atomic E-state index is 13.5. The molecule has 9 nitrogen and oxygen atoms in total. The van der Waals surface area contributed by atoms with Crippen LogP contribution in [-0.2, 0) is 6.54 Å². The zero-order chi connectivity index (χ0) is 36.1. The van der Waals surface area contributed by atoms with Crippen molar-refractivity contribution in [2.24, 2.45) is 0 Å². The van der Waals surface area contributed by atoms with E-state index in [9.17, 15) is 27.2 Å². The number of anilines is 2. The summed E-state index contributed by atoms with van der Waals surface area (Å²) in [6, 6.07) is 18.7. The largest absolute Gasteiger partial charge is 0.493 e. The van der Waals surface area contributed by atoms with Crippen molar-refractivity contribution in [2.75, 3.05) is 44.4 Å². The third-order valence-electron chi connectivity index (χ3n) is 8.57. The fourth-order valence-corrected chi connectivity index (χ4v) is 5.98. The van der Waals surface area contributed by atoms with E-state index >= 15 is 0 Å². The smallest absolute Gasteiger partial charge is 0.406 e. The molecule has 6 rings (SSSR count). The van der Waals surface area contributed by atoms with Crippen molar-refractivity contribution in [3.05, 3.63) is 113 Å². The minimum absolute atomic E-state index is 0.167. The van der Waals surface area contributed by atoms with E-state index in [0.29, 0.717) is 33.8 Å². The first-order valence-electron chi connectivity index (χ1n) is 16.2. The van der Waals surface area contributed by atoms with Gasteiger partial charge in [-0.2, -0.15) is 13.2 Å². The van der Waals surface area contributed by atoms with Gasteiger partial charge in [0.1, 0.15) is 30.4 Å². The highest BCUT2D eigenvalue weighted by Crippen LogP contribution is 2.35. The van der Waals surface area contributed by atoms with Gasteiger partial charge >= 0.3 is 6.18 Å². The molecule has 1 aliphatic rings. The number of pyridine rings is 2. The molecule has 51 heavy (non-hydrogen) atoms. The normalized spacial score (nSPS) is 13.3. The summed E-state index contributed by atoms with van der Waals surface area (Å²) in [5, 5.41) is 2.59. The molecule has 0 spiro atoms. The molecule has 0 radical (unpaired) electrons. The Bertz CT molecular complexity index is 2080. The van der Waals surface area contributed by atoms with Crippen LogP contribution in [0.15, 0.2) is 96.2 Å². The van der Waals surface area contributed by atoms with Gasteiger partial charge < -0.3 is 25.1 Å². The highest BCUT2D eigenvalue weighted by atomic mass is 19.4. The third-order valence-corrected chi connectivity index (χ3v) is 8.57. The molecule has 0 aliphatic carbocycles. The first-order valence-corrected chi connectivity index (χ1v) is 16.2. The summed E-state index contributed by atoms with van der Waals surface area (Å²) >= 11 is 0. The van der Waals surface area contributed by atoms with E-state index in [0.717, 1.165) is 55.3 Å². The van der Waals surface area contributed by atoms with Crippen LogP contribution >= 0.6 is 0 Å². The van der Waals surface area contributed by atoms with E-state index in [2.05, 4.69) is 15.2 Å². The van der Waals surface area contributed by atoms with Gasteiger partial charge in [-0.25, -0.2) is 9.37 Å². The van der Waals surface area contributed by atoms with Crippen LogP contribution in [0.5, 0.6) is 11.5 Å². The molecule has 0 saturated carbocycles. The molecule has 1 saturated heterocycles. The molecular weight excluding hydrogens is 666 g/mol. The zero-order valence-electron chi connectivity index (χ0n) is 27.7. The Balaban J connectivity index is 1.20. The van der Waals surface area contributed by atoms with Gasteiger partial charge in [0.05, 0.1) is 7.11 Å². The van der Waals surface area contributed by atoms with Crippen molar-refractivity contribution in [1.29, 1.82) is 0 Å². The average molecular weight is 702 g/mol. The zero-order valence-corrected chi connectivity index (χ0v) is 27.7. The van der Waals surface area contributed by atoms with Crippen LogP contribution in [0.25, 0.3) is 33.4 Å².